The highest BCUT2D eigenvalue weighted by Crippen LogP contribution is 2.29. The van der Waals surface area contributed by atoms with E-state index < -0.39 is 0 Å². The Morgan fingerprint density at radius 3 is 2.29 bits per heavy atom. The predicted octanol–water partition coefficient (Wildman–Crippen LogP) is 2.70. The van der Waals surface area contributed by atoms with Crippen LogP contribution in [0.15, 0.2) is 6.20 Å². The van der Waals surface area contributed by atoms with Crippen molar-refractivity contribution in [2.24, 2.45) is 5.73 Å². The lowest BCUT2D eigenvalue weighted by molar-refractivity contribution is 0.105. The number of aromatic nitrogens is 1. The average Bonchev–Trinajstić information content (AvgIpc) is 2.44. The van der Waals surface area contributed by atoms with Gasteiger partial charge in [-0.2, -0.15) is 0 Å². The summed E-state index contributed by atoms with van der Waals surface area (Å²) in [5.41, 5.74) is 9.80. The fourth-order valence-corrected chi connectivity index (χ4v) is 3.41. The molecule has 1 atom stereocenters. The summed E-state index contributed by atoms with van der Waals surface area (Å²) in [7, 11) is 5.94. The zero-order valence-electron chi connectivity index (χ0n) is 14.7. The quantitative estimate of drug-likeness (QED) is 0.840. The summed E-state index contributed by atoms with van der Waals surface area (Å²) >= 11 is 0. The van der Waals surface area contributed by atoms with Gasteiger partial charge in [0.05, 0.1) is 7.11 Å². The Hall–Kier alpha value is -1.13. The van der Waals surface area contributed by atoms with Gasteiger partial charge >= 0.3 is 0 Å². The van der Waals surface area contributed by atoms with Crippen molar-refractivity contribution in [1.82, 2.24) is 9.88 Å². The molecule has 2 N–H and O–H groups in total. The molecule has 4 nitrogen and oxygen atoms in total. The minimum atomic E-state index is 0.00619. The molecule has 0 saturated carbocycles. The van der Waals surface area contributed by atoms with Crippen LogP contribution in [0.25, 0.3) is 0 Å². The minimum absolute atomic E-state index is 0.00619. The van der Waals surface area contributed by atoms with E-state index in [0.29, 0.717) is 0 Å². The van der Waals surface area contributed by atoms with Gasteiger partial charge in [-0.15, -0.1) is 0 Å². The second-order valence-corrected chi connectivity index (χ2v) is 6.06. The van der Waals surface area contributed by atoms with Gasteiger partial charge in [0, 0.05) is 41.0 Å². The third-order valence-electron chi connectivity index (χ3n) is 4.97. The van der Waals surface area contributed by atoms with E-state index in [9.17, 15) is 0 Å². The maximum Gasteiger partial charge on any atom is 0.128 e. The van der Waals surface area contributed by atoms with E-state index in [1.807, 2.05) is 13.1 Å². The van der Waals surface area contributed by atoms with Crippen molar-refractivity contribution < 1.29 is 4.74 Å². The molecule has 0 aliphatic rings. The normalized spacial score (nSPS) is 13.6. The molecule has 0 bridgehead atoms. The lowest BCUT2D eigenvalue weighted by Crippen LogP contribution is -2.57. The van der Waals surface area contributed by atoms with Crippen LogP contribution in [-0.2, 0) is 6.42 Å². The molecular formula is C17H31N3O. The summed E-state index contributed by atoms with van der Waals surface area (Å²) in [4.78, 5) is 6.85. The summed E-state index contributed by atoms with van der Waals surface area (Å²) in [6.07, 6.45) is 4.70. The number of likely N-dealkylation sites (N-methyl/N-ethyl adjacent to an activating group) is 1. The maximum atomic E-state index is 6.58. The number of hydrogen-bond acceptors (Lipinski definition) is 4. The molecule has 0 saturated heterocycles. The number of ether oxygens (including phenoxy) is 1. The zero-order chi connectivity index (χ0) is 16.2. The van der Waals surface area contributed by atoms with Gasteiger partial charge in [0.2, 0.25) is 0 Å². The fourth-order valence-electron chi connectivity index (χ4n) is 3.41. The third kappa shape index (κ3) is 3.38. The summed E-state index contributed by atoms with van der Waals surface area (Å²) in [5, 5.41) is 0. The van der Waals surface area contributed by atoms with Crippen molar-refractivity contribution in [3.63, 3.8) is 0 Å². The van der Waals surface area contributed by atoms with E-state index >= 15 is 0 Å². The highest BCUT2D eigenvalue weighted by Gasteiger charge is 2.36. The van der Waals surface area contributed by atoms with Crippen molar-refractivity contribution in [2.45, 2.75) is 58.5 Å². The molecule has 120 valence electrons. The number of methoxy groups -OCH3 is 1. The highest BCUT2D eigenvalue weighted by atomic mass is 16.5. The standard InChI is InChI=1S/C17H31N3O/c1-8-17(9-2,20(5)6)15(18)10-14-13(4)16(21-7)12(3)11-19-14/h11,15H,8-10,18H2,1-7H3. The molecule has 0 fully saturated rings. The van der Waals surface area contributed by atoms with E-state index in [4.69, 9.17) is 10.5 Å². The molecule has 0 spiro atoms. The molecule has 0 aliphatic carbocycles. The van der Waals surface area contributed by atoms with Crippen molar-refractivity contribution >= 4 is 0 Å². The van der Waals surface area contributed by atoms with Gasteiger partial charge in [0.15, 0.2) is 0 Å². The lowest BCUT2D eigenvalue weighted by Gasteiger charge is -2.43. The second-order valence-electron chi connectivity index (χ2n) is 6.06. The van der Waals surface area contributed by atoms with E-state index in [1.54, 1.807) is 7.11 Å². The maximum absolute atomic E-state index is 6.58. The monoisotopic (exact) mass is 293 g/mol. The first-order chi connectivity index (χ1) is 9.83. The van der Waals surface area contributed by atoms with Crippen molar-refractivity contribution in [3.8, 4) is 5.75 Å². The molecule has 1 aromatic heterocycles. The Balaban J connectivity index is 3.10. The molecule has 21 heavy (non-hydrogen) atoms. The number of rotatable bonds is 7. The molecule has 1 rings (SSSR count). The average molecular weight is 293 g/mol. The summed E-state index contributed by atoms with van der Waals surface area (Å²) < 4.78 is 5.49. The van der Waals surface area contributed by atoms with Gasteiger partial charge < -0.3 is 15.4 Å². The predicted molar refractivity (Wildman–Crippen MR) is 88.9 cm³/mol. The summed E-state index contributed by atoms with van der Waals surface area (Å²) in [6, 6.07) is 0.0427. The third-order valence-corrected chi connectivity index (χ3v) is 4.97. The van der Waals surface area contributed by atoms with Gasteiger partial charge in [-0.25, -0.2) is 0 Å². The van der Waals surface area contributed by atoms with Crippen LogP contribution >= 0.6 is 0 Å². The van der Waals surface area contributed by atoms with Gasteiger partial charge in [-0.1, -0.05) is 13.8 Å². The lowest BCUT2D eigenvalue weighted by atomic mass is 9.81. The van der Waals surface area contributed by atoms with Crippen LogP contribution in [0, 0.1) is 13.8 Å². The van der Waals surface area contributed by atoms with Gasteiger partial charge in [-0.3, -0.25) is 4.98 Å². The molecule has 0 aromatic carbocycles. The van der Waals surface area contributed by atoms with Crippen molar-refractivity contribution in [2.75, 3.05) is 21.2 Å². The van der Waals surface area contributed by atoms with Crippen LogP contribution < -0.4 is 10.5 Å². The number of pyridine rings is 1. The molecule has 4 heteroatoms. The largest absolute Gasteiger partial charge is 0.496 e. The summed E-state index contributed by atoms with van der Waals surface area (Å²) in [5.74, 6) is 0.927. The molecule has 0 amide bonds. The fraction of sp³-hybridized carbons (Fsp3) is 0.706. The van der Waals surface area contributed by atoms with E-state index in [0.717, 1.165) is 41.8 Å². The first-order valence-corrected chi connectivity index (χ1v) is 7.76. The molecule has 0 radical (unpaired) electrons. The summed E-state index contributed by atoms with van der Waals surface area (Å²) in [6.45, 7) is 8.50. The van der Waals surface area contributed by atoms with E-state index in [-0.39, 0.29) is 11.6 Å². The van der Waals surface area contributed by atoms with Crippen molar-refractivity contribution in [3.05, 3.63) is 23.0 Å². The topological polar surface area (TPSA) is 51.4 Å². The molecule has 1 heterocycles. The Bertz CT molecular complexity index is 467. The van der Waals surface area contributed by atoms with Gasteiger partial charge in [0.1, 0.15) is 5.75 Å². The second kappa shape index (κ2) is 7.23. The van der Waals surface area contributed by atoms with Gasteiger partial charge in [-0.05, 0) is 40.8 Å². The number of hydrogen-bond donors (Lipinski definition) is 1. The molecule has 1 aromatic rings. The highest BCUT2D eigenvalue weighted by molar-refractivity contribution is 5.41. The van der Waals surface area contributed by atoms with Gasteiger partial charge in [0.25, 0.3) is 0 Å². The Morgan fingerprint density at radius 2 is 1.86 bits per heavy atom. The van der Waals surface area contributed by atoms with Crippen LogP contribution in [0.5, 0.6) is 5.75 Å². The number of nitrogens with zero attached hydrogens (tertiary/aromatic N) is 2. The van der Waals surface area contributed by atoms with E-state index in [1.165, 1.54) is 0 Å². The van der Waals surface area contributed by atoms with Crippen LogP contribution in [0.3, 0.4) is 0 Å². The van der Waals surface area contributed by atoms with Crippen LogP contribution in [0.4, 0.5) is 0 Å². The molecular weight excluding hydrogens is 262 g/mol. The van der Waals surface area contributed by atoms with Crippen molar-refractivity contribution in [1.29, 1.82) is 0 Å². The molecule has 1 unspecified atom stereocenters. The Labute approximate surface area is 129 Å². The molecule has 0 aliphatic heterocycles. The number of aryl methyl sites for hydroxylation is 1. The SMILES string of the molecule is CCC(CC)(C(N)Cc1ncc(C)c(OC)c1C)N(C)C. The smallest absolute Gasteiger partial charge is 0.128 e. The van der Waals surface area contributed by atoms with Crippen LogP contribution in [0.1, 0.15) is 43.5 Å². The van der Waals surface area contributed by atoms with Crippen LogP contribution in [0.2, 0.25) is 0 Å². The minimum Gasteiger partial charge on any atom is -0.496 e. The van der Waals surface area contributed by atoms with E-state index in [2.05, 4.69) is 44.8 Å². The first kappa shape index (κ1) is 17.9. The van der Waals surface area contributed by atoms with Crippen LogP contribution in [-0.4, -0.2) is 42.7 Å². The first-order valence-electron chi connectivity index (χ1n) is 7.76. The number of nitrogens with two attached hydrogens (primary N) is 1. The Kier molecular flexibility index (Phi) is 6.17. The Morgan fingerprint density at radius 1 is 1.29 bits per heavy atom. The zero-order valence-corrected chi connectivity index (χ0v) is 14.7.